The van der Waals surface area contributed by atoms with Crippen LogP contribution in [-0.4, -0.2) is 37.4 Å². The maximum Gasteiger partial charge on any atom is 0.0726 e. The zero-order chi connectivity index (χ0) is 18.6. The lowest BCUT2D eigenvalue weighted by molar-refractivity contribution is -0.00521. The number of morpholine rings is 1. The Morgan fingerprint density at radius 2 is 1.63 bits per heavy atom. The second-order valence-electron chi connectivity index (χ2n) is 9.33. The Bertz CT molecular complexity index is 827. The molecule has 2 aromatic rings. The van der Waals surface area contributed by atoms with E-state index in [-0.39, 0.29) is 12.2 Å². The van der Waals surface area contributed by atoms with E-state index in [4.69, 9.17) is 10.5 Å². The van der Waals surface area contributed by atoms with Gasteiger partial charge in [-0.15, -0.1) is 0 Å². The van der Waals surface area contributed by atoms with Crippen molar-refractivity contribution in [1.82, 2.24) is 0 Å². The summed E-state index contributed by atoms with van der Waals surface area (Å²) in [5.41, 5.74) is 9.09. The molecule has 4 nitrogen and oxygen atoms in total. The Kier molecular flexibility index (Phi) is 4.10. The molecular weight excluding hydrogens is 334 g/mol. The van der Waals surface area contributed by atoms with Crippen LogP contribution in [0.1, 0.15) is 39.5 Å². The zero-order valence-corrected chi connectivity index (χ0v) is 16.4. The fraction of sp³-hybridized carbons (Fsp3) is 0.565. The highest BCUT2D eigenvalue weighted by atomic mass is 16.5. The van der Waals surface area contributed by atoms with Gasteiger partial charge < -0.3 is 20.7 Å². The van der Waals surface area contributed by atoms with E-state index in [1.54, 1.807) is 0 Å². The van der Waals surface area contributed by atoms with E-state index in [0.29, 0.717) is 17.5 Å². The molecule has 3 N–H and O–H groups in total. The van der Waals surface area contributed by atoms with E-state index in [2.05, 4.69) is 60.5 Å². The first-order valence-electron chi connectivity index (χ1n) is 10.4. The van der Waals surface area contributed by atoms with E-state index in [1.807, 2.05) is 0 Å². The number of hydrogen-bond donors (Lipinski definition) is 2. The van der Waals surface area contributed by atoms with Crippen molar-refractivity contribution in [2.24, 2.45) is 11.1 Å². The van der Waals surface area contributed by atoms with Gasteiger partial charge in [-0.1, -0.05) is 12.1 Å². The number of nitrogens with one attached hydrogen (secondary N) is 1. The van der Waals surface area contributed by atoms with Crippen LogP contribution in [0.5, 0.6) is 0 Å². The molecule has 2 atom stereocenters. The van der Waals surface area contributed by atoms with Gasteiger partial charge in [-0.2, -0.15) is 0 Å². The molecule has 2 aromatic carbocycles. The lowest BCUT2D eigenvalue weighted by Crippen LogP contribution is -2.57. The molecule has 3 aliphatic rings. The van der Waals surface area contributed by atoms with Gasteiger partial charge in [0.2, 0.25) is 0 Å². The van der Waals surface area contributed by atoms with Crippen molar-refractivity contribution in [3.63, 3.8) is 0 Å². The van der Waals surface area contributed by atoms with Crippen molar-refractivity contribution in [3.8, 4) is 0 Å². The number of benzene rings is 2. The summed E-state index contributed by atoms with van der Waals surface area (Å²) in [6, 6.07) is 14.7. The molecule has 1 spiro atoms. The third-order valence-corrected chi connectivity index (χ3v) is 6.73. The minimum atomic E-state index is 0.284. The molecule has 2 unspecified atom stereocenters. The van der Waals surface area contributed by atoms with Crippen LogP contribution in [0, 0.1) is 5.41 Å². The van der Waals surface area contributed by atoms with Crippen LogP contribution in [0.2, 0.25) is 0 Å². The number of nitrogens with two attached hydrogens (primary N) is 1. The average Bonchev–Trinajstić information content (AvgIpc) is 2.57. The minimum absolute atomic E-state index is 0.284. The van der Waals surface area contributed by atoms with Gasteiger partial charge in [-0.3, -0.25) is 0 Å². The number of ether oxygens (including phenoxy) is 1. The molecule has 0 radical (unpaired) electrons. The molecule has 0 bridgehead atoms. The number of nitrogens with zero attached hydrogens (tertiary/aromatic N) is 1. The Hall–Kier alpha value is -1.78. The zero-order valence-electron chi connectivity index (χ0n) is 16.4. The third-order valence-electron chi connectivity index (χ3n) is 6.73. The van der Waals surface area contributed by atoms with Gasteiger partial charge in [0.1, 0.15) is 0 Å². The smallest absolute Gasteiger partial charge is 0.0726 e. The van der Waals surface area contributed by atoms with E-state index in [9.17, 15) is 0 Å². The van der Waals surface area contributed by atoms with Crippen LogP contribution < -0.4 is 16.0 Å². The van der Waals surface area contributed by atoms with E-state index >= 15 is 0 Å². The van der Waals surface area contributed by atoms with Crippen LogP contribution in [0.3, 0.4) is 0 Å². The SMILES string of the molecule is CC1CN(c2ccc3cc(NC4CC5(CC(N)C5)C4)ccc3c2)CC(C)O1. The molecule has 1 heterocycles. The second kappa shape index (κ2) is 6.39. The number of anilines is 2. The quantitative estimate of drug-likeness (QED) is 0.858. The lowest BCUT2D eigenvalue weighted by atomic mass is 9.52. The Morgan fingerprint density at radius 3 is 2.33 bits per heavy atom. The fourth-order valence-corrected chi connectivity index (χ4v) is 5.62. The average molecular weight is 366 g/mol. The van der Waals surface area contributed by atoms with Gasteiger partial charge in [0.15, 0.2) is 0 Å². The molecule has 2 saturated carbocycles. The second-order valence-corrected chi connectivity index (χ2v) is 9.33. The van der Waals surface area contributed by atoms with Crippen LogP contribution >= 0.6 is 0 Å². The molecule has 144 valence electrons. The van der Waals surface area contributed by atoms with Crippen LogP contribution in [0.25, 0.3) is 10.8 Å². The van der Waals surface area contributed by atoms with Crippen molar-refractivity contribution < 1.29 is 4.74 Å². The summed E-state index contributed by atoms with van der Waals surface area (Å²) in [6.07, 6.45) is 5.59. The molecule has 0 amide bonds. The monoisotopic (exact) mass is 365 g/mol. The van der Waals surface area contributed by atoms with Gasteiger partial charge in [0.05, 0.1) is 12.2 Å². The number of rotatable bonds is 3. The largest absolute Gasteiger partial charge is 0.382 e. The first-order chi connectivity index (χ1) is 13.0. The van der Waals surface area contributed by atoms with E-state index < -0.39 is 0 Å². The highest BCUT2D eigenvalue weighted by Crippen LogP contribution is 2.55. The standard InChI is InChI=1S/C23H31N3O/c1-15-13-26(14-16(2)27-15)22-6-4-17-7-20(5-3-18(17)8-22)25-21-11-23(12-21)9-19(24)10-23/h3-8,15-16,19,21,25H,9-14,24H2,1-2H3. The maximum atomic E-state index is 5.97. The Balaban J connectivity index is 1.28. The summed E-state index contributed by atoms with van der Waals surface area (Å²) in [5, 5.41) is 6.34. The Morgan fingerprint density at radius 1 is 0.963 bits per heavy atom. The van der Waals surface area contributed by atoms with Gasteiger partial charge in [0, 0.05) is 36.5 Å². The highest BCUT2D eigenvalue weighted by Gasteiger charge is 2.51. The Labute approximate surface area is 162 Å². The van der Waals surface area contributed by atoms with Crippen molar-refractivity contribution in [2.45, 2.75) is 63.8 Å². The maximum absolute atomic E-state index is 5.97. The number of hydrogen-bond acceptors (Lipinski definition) is 4. The molecular formula is C23H31N3O. The highest BCUT2D eigenvalue weighted by molar-refractivity contribution is 5.88. The van der Waals surface area contributed by atoms with E-state index in [1.165, 1.54) is 47.8 Å². The van der Waals surface area contributed by atoms with Crippen LogP contribution in [0.15, 0.2) is 36.4 Å². The van der Waals surface area contributed by atoms with Gasteiger partial charge in [-0.05, 0) is 80.0 Å². The van der Waals surface area contributed by atoms with Crippen molar-refractivity contribution in [1.29, 1.82) is 0 Å². The molecule has 27 heavy (non-hydrogen) atoms. The van der Waals surface area contributed by atoms with Crippen molar-refractivity contribution in [3.05, 3.63) is 36.4 Å². The molecule has 5 rings (SSSR count). The summed E-state index contributed by atoms with van der Waals surface area (Å²) in [6.45, 7) is 6.23. The normalized spacial score (nSPS) is 35.7. The summed E-state index contributed by atoms with van der Waals surface area (Å²) < 4.78 is 5.87. The van der Waals surface area contributed by atoms with Gasteiger partial charge in [0.25, 0.3) is 0 Å². The first-order valence-corrected chi connectivity index (χ1v) is 10.4. The van der Waals surface area contributed by atoms with Crippen molar-refractivity contribution in [2.75, 3.05) is 23.3 Å². The minimum Gasteiger partial charge on any atom is -0.382 e. The molecule has 1 aliphatic heterocycles. The molecule has 1 saturated heterocycles. The molecule has 2 aliphatic carbocycles. The topological polar surface area (TPSA) is 50.5 Å². The predicted octanol–water partition coefficient (Wildman–Crippen LogP) is 4.14. The predicted molar refractivity (Wildman–Crippen MR) is 112 cm³/mol. The van der Waals surface area contributed by atoms with E-state index in [0.717, 1.165) is 13.1 Å². The van der Waals surface area contributed by atoms with Gasteiger partial charge >= 0.3 is 0 Å². The summed E-state index contributed by atoms with van der Waals surface area (Å²) in [7, 11) is 0. The molecule has 4 heteroatoms. The summed E-state index contributed by atoms with van der Waals surface area (Å²) in [4.78, 5) is 2.45. The summed E-state index contributed by atoms with van der Waals surface area (Å²) >= 11 is 0. The number of fused-ring (bicyclic) bond motifs is 1. The molecule has 3 fully saturated rings. The fourth-order valence-electron chi connectivity index (χ4n) is 5.62. The van der Waals surface area contributed by atoms with Crippen LogP contribution in [0.4, 0.5) is 11.4 Å². The summed E-state index contributed by atoms with van der Waals surface area (Å²) in [5.74, 6) is 0. The third kappa shape index (κ3) is 3.30. The first kappa shape index (κ1) is 17.3. The lowest BCUT2D eigenvalue weighted by Gasteiger charge is -2.57. The van der Waals surface area contributed by atoms with Crippen LogP contribution in [-0.2, 0) is 4.74 Å². The van der Waals surface area contributed by atoms with Gasteiger partial charge in [-0.25, -0.2) is 0 Å². The van der Waals surface area contributed by atoms with Crippen molar-refractivity contribution >= 4 is 22.1 Å². The molecule has 0 aromatic heterocycles.